The molecular weight excluding hydrogens is 418 g/mol. The Morgan fingerprint density at radius 1 is 1.00 bits per heavy atom. The molecule has 0 saturated carbocycles. The molecule has 9 nitrogen and oxygen atoms in total. The van der Waals surface area contributed by atoms with Gasteiger partial charge in [0, 0.05) is 38.4 Å². The topological polar surface area (TPSA) is 101 Å². The summed E-state index contributed by atoms with van der Waals surface area (Å²) < 4.78 is 34.1. The molecule has 2 saturated heterocycles. The normalized spacial score (nSPS) is 19.2. The number of imidazole rings is 1. The Labute approximate surface area is 180 Å². The van der Waals surface area contributed by atoms with Crippen molar-refractivity contribution >= 4 is 26.9 Å². The standard InChI is InChI=1S/C21H25N5O4S/c27-21-23-18-3-1-2-4-19(18)26(21)16-7-9-24(10-8-16)20-6-5-17(15-22-20)31(28,29)25-11-13-30-14-12-25/h1-6,15-16H,7-14H2,(H,23,27). The summed E-state index contributed by atoms with van der Waals surface area (Å²) in [5.41, 5.74) is 1.71. The summed E-state index contributed by atoms with van der Waals surface area (Å²) in [5, 5.41) is 0. The first-order valence-electron chi connectivity index (χ1n) is 10.5. The fraction of sp³-hybridized carbons (Fsp3) is 0.429. The van der Waals surface area contributed by atoms with Crippen LogP contribution in [0.25, 0.3) is 11.0 Å². The highest BCUT2D eigenvalue weighted by Crippen LogP contribution is 2.28. The molecule has 10 heteroatoms. The summed E-state index contributed by atoms with van der Waals surface area (Å²) in [4.78, 5) is 22.2. The van der Waals surface area contributed by atoms with Gasteiger partial charge in [-0.15, -0.1) is 0 Å². The third-order valence-electron chi connectivity index (χ3n) is 6.11. The SMILES string of the molecule is O=c1[nH]c2ccccc2n1C1CCN(c2ccc(S(=O)(=O)N3CCOCC3)cn2)CC1. The number of aromatic amines is 1. The van der Waals surface area contributed by atoms with Crippen LogP contribution in [0.1, 0.15) is 18.9 Å². The molecule has 0 unspecified atom stereocenters. The number of fused-ring (bicyclic) bond motifs is 1. The van der Waals surface area contributed by atoms with Crippen LogP contribution in [0.2, 0.25) is 0 Å². The van der Waals surface area contributed by atoms with Crippen LogP contribution in [0, 0.1) is 0 Å². The largest absolute Gasteiger partial charge is 0.379 e. The molecule has 1 aromatic carbocycles. The van der Waals surface area contributed by atoms with Crippen LogP contribution in [-0.4, -0.2) is 66.7 Å². The number of rotatable bonds is 4. The lowest BCUT2D eigenvalue weighted by molar-refractivity contribution is 0.0730. The molecule has 0 aliphatic carbocycles. The zero-order valence-corrected chi connectivity index (χ0v) is 17.9. The second-order valence-corrected chi connectivity index (χ2v) is 9.84. The molecule has 2 aliphatic heterocycles. The van der Waals surface area contributed by atoms with Crippen molar-refractivity contribution in [1.29, 1.82) is 0 Å². The minimum Gasteiger partial charge on any atom is -0.379 e. The van der Waals surface area contributed by atoms with Crippen LogP contribution >= 0.6 is 0 Å². The zero-order valence-electron chi connectivity index (χ0n) is 17.1. The van der Waals surface area contributed by atoms with E-state index in [0.717, 1.165) is 42.8 Å². The Balaban J connectivity index is 1.29. The first-order chi connectivity index (χ1) is 15.0. The van der Waals surface area contributed by atoms with Crippen molar-refractivity contribution in [3.63, 3.8) is 0 Å². The van der Waals surface area contributed by atoms with Gasteiger partial charge in [0.1, 0.15) is 10.7 Å². The number of sulfonamides is 1. The van der Waals surface area contributed by atoms with Gasteiger partial charge in [-0.05, 0) is 37.1 Å². The molecule has 2 aliphatic rings. The van der Waals surface area contributed by atoms with E-state index in [0.29, 0.717) is 26.3 Å². The van der Waals surface area contributed by atoms with E-state index in [1.165, 1.54) is 10.5 Å². The predicted octanol–water partition coefficient (Wildman–Crippen LogP) is 1.59. The molecule has 0 radical (unpaired) electrons. The van der Waals surface area contributed by atoms with Crippen molar-refractivity contribution in [2.24, 2.45) is 0 Å². The molecule has 0 spiro atoms. The van der Waals surface area contributed by atoms with Crippen LogP contribution in [0.15, 0.2) is 52.3 Å². The summed E-state index contributed by atoms with van der Waals surface area (Å²) in [5.74, 6) is 0.755. The maximum absolute atomic E-state index is 12.8. The third kappa shape index (κ3) is 3.75. The van der Waals surface area contributed by atoms with Crippen molar-refractivity contribution in [3.05, 3.63) is 53.1 Å². The number of morpholine rings is 1. The van der Waals surface area contributed by atoms with Gasteiger partial charge in [-0.3, -0.25) is 4.57 Å². The molecule has 164 valence electrons. The summed E-state index contributed by atoms with van der Waals surface area (Å²) in [6.45, 7) is 3.06. The Kier molecular flexibility index (Phi) is 5.28. The van der Waals surface area contributed by atoms with Gasteiger partial charge in [0.15, 0.2) is 0 Å². The molecule has 5 rings (SSSR count). The van der Waals surface area contributed by atoms with E-state index in [9.17, 15) is 13.2 Å². The molecule has 0 amide bonds. The first kappa shape index (κ1) is 20.2. The number of hydrogen-bond donors (Lipinski definition) is 1. The summed E-state index contributed by atoms with van der Waals surface area (Å²) >= 11 is 0. The Hall–Kier alpha value is -2.69. The van der Waals surface area contributed by atoms with Gasteiger partial charge in [-0.2, -0.15) is 4.31 Å². The molecule has 1 N–H and O–H groups in total. The molecule has 4 heterocycles. The first-order valence-corrected chi connectivity index (χ1v) is 12.0. The van der Waals surface area contributed by atoms with E-state index >= 15 is 0 Å². The van der Waals surface area contributed by atoms with Crippen molar-refractivity contribution < 1.29 is 13.2 Å². The molecular formula is C21H25N5O4S. The number of piperidine rings is 1. The molecule has 2 aromatic heterocycles. The van der Waals surface area contributed by atoms with Crippen molar-refractivity contribution in [2.45, 2.75) is 23.8 Å². The Morgan fingerprint density at radius 3 is 2.45 bits per heavy atom. The van der Waals surface area contributed by atoms with E-state index < -0.39 is 10.0 Å². The second-order valence-electron chi connectivity index (χ2n) is 7.90. The molecule has 31 heavy (non-hydrogen) atoms. The van der Waals surface area contributed by atoms with Crippen LogP contribution < -0.4 is 10.6 Å². The van der Waals surface area contributed by atoms with Crippen molar-refractivity contribution in [2.75, 3.05) is 44.3 Å². The summed E-state index contributed by atoms with van der Waals surface area (Å²) in [6, 6.07) is 11.3. The second kappa shape index (κ2) is 8.10. The van der Waals surface area contributed by atoms with Crippen LogP contribution in [-0.2, 0) is 14.8 Å². The van der Waals surface area contributed by atoms with Crippen molar-refractivity contribution in [3.8, 4) is 0 Å². The third-order valence-corrected chi connectivity index (χ3v) is 7.99. The monoisotopic (exact) mass is 443 g/mol. The van der Waals surface area contributed by atoms with Crippen LogP contribution in [0.5, 0.6) is 0 Å². The number of H-pyrrole nitrogens is 1. The fourth-order valence-electron chi connectivity index (χ4n) is 4.44. The number of nitrogens with one attached hydrogen (secondary N) is 1. The number of para-hydroxylation sites is 2. The fourth-order valence-corrected chi connectivity index (χ4v) is 5.79. The highest BCUT2D eigenvalue weighted by Gasteiger charge is 2.28. The average molecular weight is 444 g/mol. The van der Waals surface area contributed by atoms with E-state index in [4.69, 9.17) is 4.74 Å². The Bertz CT molecular complexity index is 1220. The highest BCUT2D eigenvalue weighted by molar-refractivity contribution is 7.89. The van der Waals surface area contributed by atoms with E-state index in [-0.39, 0.29) is 16.6 Å². The summed E-state index contributed by atoms with van der Waals surface area (Å²) in [7, 11) is -3.54. The van der Waals surface area contributed by atoms with Crippen LogP contribution in [0.4, 0.5) is 5.82 Å². The number of nitrogens with zero attached hydrogens (tertiary/aromatic N) is 4. The van der Waals surface area contributed by atoms with Gasteiger partial charge >= 0.3 is 5.69 Å². The average Bonchev–Trinajstić information content (AvgIpc) is 3.15. The van der Waals surface area contributed by atoms with Gasteiger partial charge in [-0.1, -0.05) is 12.1 Å². The lowest BCUT2D eigenvalue weighted by Crippen LogP contribution is -2.40. The molecule has 0 bridgehead atoms. The molecule has 2 fully saturated rings. The summed E-state index contributed by atoms with van der Waals surface area (Å²) in [6.07, 6.45) is 3.07. The number of hydrogen-bond acceptors (Lipinski definition) is 6. The van der Waals surface area contributed by atoms with E-state index in [1.807, 2.05) is 28.8 Å². The highest BCUT2D eigenvalue weighted by atomic mass is 32.2. The van der Waals surface area contributed by atoms with Gasteiger partial charge in [0.25, 0.3) is 0 Å². The number of benzene rings is 1. The Morgan fingerprint density at radius 2 is 1.74 bits per heavy atom. The predicted molar refractivity (Wildman–Crippen MR) is 117 cm³/mol. The van der Waals surface area contributed by atoms with E-state index in [1.54, 1.807) is 12.1 Å². The van der Waals surface area contributed by atoms with Crippen molar-refractivity contribution in [1.82, 2.24) is 18.8 Å². The quantitative estimate of drug-likeness (QED) is 0.657. The van der Waals surface area contributed by atoms with Crippen LogP contribution in [0.3, 0.4) is 0 Å². The smallest absolute Gasteiger partial charge is 0.326 e. The zero-order chi connectivity index (χ0) is 21.4. The van der Waals surface area contributed by atoms with Gasteiger partial charge < -0.3 is 14.6 Å². The van der Waals surface area contributed by atoms with Gasteiger partial charge in [-0.25, -0.2) is 18.2 Å². The van der Waals surface area contributed by atoms with Gasteiger partial charge in [0.05, 0.1) is 24.2 Å². The molecule has 0 atom stereocenters. The number of aromatic nitrogens is 3. The van der Waals surface area contributed by atoms with E-state index in [2.05, 4.69) is 14.9 Å². The lowest BCUT2D eigenvalue weighted by Gasteiger charge is -2.33. The molecule has 3 aromatic rings. The number of anilines is 1. The minimum absolute atomic E-state index is 0.0737. The van der Waals surface area contributed by atoms with Gasteiger partial charge in [0.2, 0.25) is 10.0 Å². The maximum atomic E-state index is 12.8. The number of pyridine rings is 1. The lowest BCUT2D eigenvalue weighted by atomic mass is 10.0. The minimum atomic E-state index is -3.54. The maximum Gasteiger partial charge on any atom is 0.326 e. The number of ether oxygens (including phenoxy) is 1.